The lowest BCUT2D eigenvalue weighted by Gasteiger charge is -2.25. The van der Waals surface area contributed by atoms with E-state index in [9.17, 15) is 0 Å². The van der Waals surface area contributed by atoms with Gasteiger partial charge in [0.1, 0.15) is 0 Å². The maximum Gasteiger partial charge on any atom is 0.192 e. The van der Waals surface area contributed by atoms with E-state index in [1.54, 1.807) is 0 Å². The summed E-state index contributed by atoms with van der Waals surface area (Å²) in [5.41, 5.74) is 2.51. The minimum Gasteiger partial charge on any atom is -0.343 e. The van der Waals surface area contributed by atoms with Gasteiger partial charge in [-0.2, -0.15) is 0 Å². The Labute approximate surface area is 114 Å². The van der Waals surface area contributed by atoms with Gasteiger partial charge in [-0.25, -0.2) is 0 Å². The van der Waals surface area contributed by atoms with Crippen molar-refractivity contribution in [1.29, 1.82) is 0 Å². The molecule has 1 aliphatic rings. The lowest BCUT2D eigenvalue weighted by molar-refractivity contribution is -0.159. The molecule has 1 heterocycles. The molecule has 0 bridgehead atoms. The maximum atomic E-state index is 5.86. The second-order valence-electron chi connectivity index (χ2n) is 5.98. The highest BCUT2D eigenvalue weighted by atomic mass is 35.5. The van der Waals surface area contributed by atoms with Gasteiger partial charge in [-0.1, -0.05) is 45.0 Å². The Kier molecular flexibility index (Phi) is 3.72. The highest BCUT2D eigenvalue weighted by Gasteiger charge is 2.38. The van der Waals surface area contributed by atoms with E-state index in [0.29, 0.717) is 12.5 Å². The summed E-state index contributed by atoms with van der Waals surface area (Å²) < 4.78 is 11.6. The van der Waals surface area contributed by atoms with Crippen LogP contribution >= 0.6 is 11.6 Å². The molecule has 0 aromatic heterocycles. The monoisotopic (exact) mass is 268 g/mol. The molecule has 2 unspecified atom stereocenters. The zero-order chi connectivity index (χ0) is 13.4. The van der Waals surface area contributed by atoms with E-state index in [2.05, 4.69) is 45.0 Å². The van der Waals surface area contributed by atoms with Crippen LogP contribution in [0.5, 0.6) is 0 Å². The summed E-state index contributed by atoms with van der Waals surface area (Å²) in [5.74, 6) is -0.189. The summed E-state index contributed by atoms with van der Waals surface area (Å²) in [6.45, 7) is 9.12. The van der Waals surface area contributed by atoms with Crippen LogP contribution in [0.3, 0.4) is 0 Å². The Balaban J connectivity index is 2.20. The van der Waals surface area contributed by atoms with Crippen LogP contribution in [0.25, 0.3) is 0 Å². The van der Waals surface area contributed by atoms with E-state index >= 15 is 0 Å². The molecule has 2 nitrogen and oxygen atoms in total. The molecule has 0 saturated carbocycles. The minimum atomic E-state index is -0.657. The summed E-state index contributed by atoms with van der Waals surface area (Å²) in [6.07, 6.45) is -0.0149. The summed E-state index contributed by atoms with van der Waals surface area (Å²) >= 11 is 5.80. The van der Waals surface area contributed by atoms with Crippen molar-refractivity contribution in [2.75, 3.05) is 12.5 Å². The number of hydrogen-bond donors (Lipinski definition) is 0. The third-order valence-electron chi connectivity index (χ3n) is 3.38. The first kappa shape index (κ1) is 13.9. The van der Waals surface area contributed by atoms with Gasteiger partial charge in [-0.15, -0.1) is 11.6 Å². The molecule has 18 heavy (non-hydrogen) atoms. The van der Waals surface area contributed by atoms with E-state index in [-0.39, 0.29) is 11.5 Å². The standard InChI is InChI=1S/C15H21ClO2/c1-14(2,3)11-5-7-12(8-6-11)15(4)17-10-13(9-16)18-15/h5-8,13H,9-10H2,1-4H3. The van der Waals surface area contributed by atoms with Gasteiger partial charge in [-0.05, 0) is 17.9 Å². The summed E-state index contributed by atoms with van der Waals surface area (Å²) in [6, 6.07) is 8.44. The Hall–Kier alpha value is -0.570. The molecule has 2 rings (SSSR count). The molecular formula is C15H21ClO2. The van der Waals surface area contributed by atoms with Gasteiger partial charge in [0.2, 0.25) is 0 Å². The van der Waals surface area contributed by atoms with Gasteiger partial charge >= 0.3 is 0 Å². The van der Waals surface area contributed by atoms with Crippen LogP contribution in [0.1, 0.15) is 38.8 Å². The normalized spacial score (nSPS) is 28.6. The first-order chi connectivity index (χ1) is 8.35. The molecule has 0 amide bonds. The van der Waals surface area contributed by atoms with E-state index in [4.69, 9.17) is 21.1 Å². The number of benzene rings is 1. The van der Waals surface area contributed by atoms with Crippen LogP contribution in [-0.2, 0) is 20.7 Å². The molecule has 1 aliphatic heterocycles. The molecule has 3 heteroatoms. The number of hydrogen-bond acceptors (Lipinski definition) is 2. The van der Waals surface area contributed by atoms with E-state index in [1.807, 2.05) is 6.92 Å². The third kappa shape index (κ3) is 2.71. The molecular weight excluding hydrogens is 248 g/mol. The number of alkyl halides is 1. The second kappa shape index (κ2) is 4.84. The molecule has 1 aromatic rings. The largest absolute Gasteiger partial charge is 0.343 e. The Morgan fingerprint density at radius 1 is 1.28 bits per heavy atom. The van der Waals surface area contributed by atoms with Crippen molar-refractivity contribution in [2.24, 2.45) is 0 Å². The van der Waals surface area contributed by atoms with Crippen LogP contribution < -0.4 is 0 Å². The molecule has 1 saturated heterocycles. The Morgan fingerprint density at radius 3 is 2.33 bits per heavy atom. The number of ether oxygens (including phenoxy) is 2. The van der Waals surface area contributed by atoms with Gasteiger partial charge in [0.15, 0.2) is 5.79 Å². The van der Waals surface area contributed by atoms with Gasteiger partial charge in [-0.3, -0.25) is 0 Å². The minimum absolute atomic E-state index is 0.0149. The summed E-state index contributed by atoms with van der Waals surface area (Å²) in [4.78, 5) is 0. The van der Waals surface area contributed by atoms with Crippen molar-refractivity contribution in [1.82, 2.24) is 0 Å². The molecule has 0 N–H and O–H groups in total. The van der Waals surface area contributed by atoms with Gasteiger partial charge in [0.05, 0.1) is 18.6 Å². The number of rotatable bonds is 2. The molecule has 100 valence electrons. The fraction of sp³-hybridized carbons (Fsp3) is 0.600. The van der Waals surface area contributed by atoms with E-state index < -0.39 is 5.79 Å². The molecule has 0 radical (unpaired) electrons. The average Bonchev–Trinajstić information content (AvgIpc) is 2.72. The highest BCUT2D eigenvalue weighted by molar-refractivity contribution is 6.18. The van der Waals surface area contributed by atoms with Crippen molar-refractivity contribution in [3.63, 3.8) is 0 Å². The Morgan fingerprint density at radius 2 is 1.89 bits per heavy atom. The zero-order valence-corrected chi connectivity index (χ0v) is 12.3. The highest BCUT2D eigenvalue weighted by Crippen LogP contribution is 2.35. The van der Waals surface area contributed by atoms with Crippen molar-refractivity contribution in [2.45, 2.75) is 45.0 Å². The smallest absolute Gasteiger partial charge is 0.192 e. The lowest BCUT2D eigenvalue weighted by atomic mass is 9.86. The van der Waals surface area contributed by atoms with Crippen LogP contribution in [0, 0.1) is 0 Å². The quantitative estimate of drug-likeness (QED) is 0.760. The second-order valence-corrected chi connectivity index (χ2v) is 6.29. The predicted molar refractivity (Wildman–Crippen MR) is 74.0 cm³/mol. The molecule has 1 aromatic carbocycles. The van der Waals surface area contributed by atoms with Crippen molar-refractivity contribution < 1.29 is 9.47 Å². The van der Waals surface area contributed by atoms with Gasteiger partial charge < -0.3 is 9.47 Å². The SMILES string of the molecule is CC(C)(C)c1ccc(C2(C)OCC(CCl)O2)cc1. The van der Waals surface area contributed by atoms with Crippen LogP contribution in [0.15, 0.2) is 24.3 Å². The van der Waals surface area contributed by atoms with E-state index in [1.165, 1.54) is 5.56 Å². The third-order valence-corrected chi connectivity index (χ3v) is 3.73. The van der Waals surface area contributed by atoms with Crippen LogP contribution in [0.4, 0.5) is 0 Å². The molecule has 2 atom stereocenters. The molecule has 0 aliphatic carbocycles. The predicted octanol–water partition coefficient (Wildman–Crippen LogP) is 3.81. The fourth-order valence-corrected chi connectivity index (χ4v) is 2.29. The van der Waals surface area contributed by atoms with Gasteiger partial charge in [0, 0.05) is 5.56 Å². The zero-order valence-electron chi connectivity index (χ0n) is 11.5. The topological polar surface area (TPSA) is 18.5 Å². The van der Waals surface area contributed by atoms with Crippen molar-refractivity contribution >= 4 is 11.6 Å². The molecule has 0 spiro atoms. The first-order valence-corrected chi connectivity index (χ1v) is 6.87. The maximum absolute atomic E-state index is 5.86. The van der Waals surface area contributed by atoms with Crippen LogP contribution in [0.2, 0.25) is 0 Å². The molecule has 1 fully saturated rings. The Bertz CT molecular complexity index is 407. The summed E-state index contributed by atoms with van der Waals surface area (Å²) in [7, 11) is 0. The number of halogens is 1. The average molecular weight is 269 g/mol. The van der Waals surface area contributed by atoms with Crippen molar-refractivity contribution in [3.05, 3.63) is 35.4 Å². The lowest BCUT2D eigenvalue weighted by Crippen LogP contribution is -2.24. The fourth-order valence-electron chi connectivity index (χ4n) is 2.14. The van der Waals surface area contributed by atoms with E-state index in [0.717, 1.165) is 5.56 Å². The van der Waals surface area contributed by atoms with Gasteiger partial charge in [0.25, 0.3) is 0 Å². The first-order valence-electron chi connectivity index (χ1n) is 6.34. The van der Waals surface area contributed by atoms with Crippen molar-refractivity contribution in [3.8, 4) is 0 Å². The van der Waals surface area contributed by atoms with Crippen LogP contribution in [-0.4, -0.2) is 18.6 Å². The summed E-state index contributed by atoms with van der Waals surface area (Å²) in [5, 5.41) is 0.